The van der Waals surface area contributed by atoms with E-state index in [1.807, 2.05) is 30.3 Å². The van der Waals surface area contributed by atoms with Crippen LogP contribution in [0.15, 0.2) is 72.9 Å². The number of benzene rings is 2. The lowest BCUT2D eigenvalue weighted by molar-refractivity contribution is 0.0716. The summed E-state index contributed by atoms with van der Waals surface area (Å²) in [5, 5.41) is 0. The van der Waals surface area contributed by atoms with E-state index in [1.54, 1.807) is 34.1 Å². The van der Waals surface area contributed by atoms with Crippen LogP contribution in [0.4, 0.5) is 4.39 Å². The molecule has 1 aliphatic heterocycles. The molecule has 4 rings (SSSR count). The maximum absolute atomic E-state index is 14.0. The van der Waals surface area contributed by atoms with E-state index in [-0.39, 0.29) is 17.4 Å². The van der Waals surface area contributed by atoms with Crippen molar-refractivity contribution in [3.63, 3.8) is 0 Å². The topological polar surface area (TPSA) is 62.7 Å². The normalized spacial score (nSPS) is 14.1. The molecule has 2 aromatic carbocycles. The molecule has 0 bridgehead atoms. The van der Waals surface area contributed by atoms with Gasteiger partial charge in [0.05, 0.1) is 11.1 Å². The van der Waals surface area contributed by atoms with E-state index >= 15 is 0 Å². The number of carbonyl (C=O) groups excluding carboxylic acids is 2. The van der Waals surface area contributed by atoms with Crippen molar-refractivity contribution in [2.75, 3.05) is 26.2 Å². The van der Waals surface area contributed by atoms with Crippen molar-refractivity contribution in [2.45, 2.75) is 6.42 Å². The Morgan fingerprint density at radius 1 is 0.806 bits per heavy atom. The van der Waals surface area contributed by atoms with E-state index in [0.29, 0.717) is 49.8 Å². The fourth-order valence-corrected chi connectivity index (χ4v) is 3.49. The molecular weight excluding hydrogens is 397 g/mol. The summed E-state index contributed by atoms with van der Waals surface area (Å²) in [5.74, 6) is 0.0329. The molecular formula is C24H22FN3O3. The van der Waals surface area contributed by atoms with Crippen molar-refractivity contribution in [1.82, 2.24) is 14.8 Å². The van der Waals surface area contributed by atoms with E-state index in [9.17, 15) is 14.0 Å². The minimum absolute atomic E-state index is 0.0560. The molecule has 0 aliphatic carbocycles. The highest BCUT2D eigenvalue weighted by molar-refractivity contribution is 5.95. The lowest BCUT2D eigenvalue weighted by Crippen LogP contribution is -2.37. The van der Waals surface area contributed by atoms with E-state index in [2.05, 4.69) is 4.98 Å². The van der Waals surface area contributed by atoms with Gasteiger partial charge in [0.2, 0.25) is 5.88 Å². The lowest BCUT2D eigenvalue weighted by atomic mass is 10.2. The summed E-state index contributed by atoms with van der Waals surface area (Å²) in [6, 6.07) is 18.6. The Bertz CT molecular complexity index is 1060. The second kappa shape index (κ2) is 9.38. The molecule has 31 heavy (non-hydrogen) atoms. The van der Waals surface area contributed by atoms with Crippen molar-refractivity contribution in [1.29, 1.82) is 0 Å². The highest BCUT2D eigenvalue weighted by Crippen LogP contribution is 2.19. The number of carbonyl (C=O) groups is 2. The van der Waals surface area contributed by atoms with Crippen LogP contribution >= 0.6 is 0 Å². The molecule has 6 nitrogen and oxygen atoms in total. The number of hydrogen-bond donors (Lipinski definition) is 0. The number of rotatable bonds is 4. The second-order valence-corrected chi connectivity index (χ2v) is 7.22. The SMILES string of the molecule is O=C(c1ccc(Oc2ccccc2)nc1)N1CCCN(C(=O)c2ccccc2F)CC1. The number of aromatic nitrogens is 1. The first-order chi connectivity index (χ1) is 15.1. The molecule has 0 N–H and O–H groups in total. The third-order valence-electron chi connectivity index (χ3n) is 5.12. The minimum atomic E-state index is -0.534. The van der Waals surface area contributed by atoms with Gasteiger partial charge in [0.25, 0.3) is 11.8 Å². The van der Waals surface area contributed by atoms with Crippen LogP contribution in [0.1, 0.15) is 27.1 Å². The van der Waals surface area contributed by atoms with E-state index in [1.165, 1.54) is 18.3 Å². The Morgan fingerprint density at radius 3 is 2.16 bits per heavy atom. The van der Waals surface area contributed by atoms with Gasteiger partial charge < -0.3 is 14.5 Å². The predicted molar refractivity (Wildman–Crippen MR) is 114 cm³/mol. The highest BCUT2D eigenvalue weighted by Gasteiger charge is 2.25. The zero-order valence-corrected chi connectivity index (χ0v) is 16.9. The molecule has 158 valence electrons. The summed E-state index contributed by atoms with van der Waals surface area (Å²) in [6.45, 7) is 1.71. The average molecular weight is 419 g/mol. The summed E-state index contributed by atoms with van der Waals surface area (Å²) < 4.78 is 19.6. The molecule has 0 radical (unpaired) electrons. The van der Waals surface area contributed by atoms with Crippen molar-refractivity contribution < 1.29 is 18.7 Å². The fourth-order valence-electron chi connectivity index (χ4n) is 3.49. The molecule has 0 saturated carbocycles. The molecule has 7 heteroatoms. The number of para-hydroxylation sites is 1. The van der Waals surface area contributed by atoms with Gasteiger partial charge >= 0.3 is 0 Å². The van der Waals surface area contributed by atoms with Crippen molar-refractivity contribution in [3.8, 4) is 11.6 Å². The first-order valence-electron chi connectivity index (χ1n) is 10.1. The Kier molecular flexibility index (Phi) is 6.21. The molecule has 3 aromatic rings. The van der Waals surface area contributed by atoms with Gasteiger partial charge in [-0.15, -0.1) is 0 Å². The number of hydrogen-bond acceptors (Lipinski definition) is 4. The number of nitrogens with zero attached hydrogens (tertiary/aromatic N) is 3. The molecule has 0 unspecified atom stereocenters. The highest BCUT2D eigenvalue weighted by atomic mass is 19.1. The summed E-state index contributed by atoms with van der Waals surface area (Å²) in [6.07, 6.45) is 2.11. The smallest absolute Gasteiger partial charge is 0.256 e. The van der Waals surface area contributed by atoms with Gasteiger partial charge in [-0.1, -0.05) is 30.3 Å². The number of pyridine rings is 1. The molecule has 1 aromatic heterocycles. The third kappa shape index (κ3) is 4.88. The van der Waals surface area contributed by atoms with Gasteiger partial charge in [-0.05, 0) is 36.8 Å². The van der Waals surface area contributed by atoms with Crippen LogP contribution in [0.2, 0.25) is 0 Å². The fraction of sp³-hybridized carbons (Fsp3) is 0.208. The predicted octanol–water partition coefficient (Wildman–Crippen LogP) is 4.00. The van der Waals surface area contributed by atoms with Crippen LogP contribution in [-0.2, 0) is 0 Å². The summed E-state index contributed by atoms with van der Waals surface area (Å²) in [4.78, 5) is 33.1. The Morgan fingerprint density at radius 2 is 1.48 bits per heavy atom. The summed E-state index contributed by atoms with van der Waals surface area (Å²) in [7, 11) is 0. The zero-order chi connectivity index (χ0) is 21.6. The van der Waals surface area contributed by atoms with Gasteiger partial charge in [0.1, 0.15) is 11.6 Å². The third-order valence-corrected chi connectivity index (χ3v) is 5.12. The largest absolute Gasteiger partial charge is 0.439 e. The number of amides is 2. The first-order valence-corrected chi connectivity index (χ1v) is 10.1. The van der Waals surface area contributed by atoms with Crippen LogP contribution < -0.4 is 4.74 Å². The number of ether oxygens (including phenoxy) is 1. The van der Waals surface area contributed by atoms with Crippen LogP contribution in [0.5, 0.6) is 11.6 Å². The second-order valence-electron chi connectivity index (χ2n) is 7.22. The van der Waals surface area contributed by atoms with E-state index in [0.717, 1.165) is 0 Å². The molecule has 2 heterocycles. The van der Waals surface area contributed by atoms with Crippen LogP contribution in [-0.4, -0.2) is 52.8 Å². The van der Waals surface area contributed by atoms with Crippen LogP contribution in [0.3, 0.4) is 0 Å². The maximum Gasteiger partial charge on any atom is 0.256 e. The molecule has 0 atom stereocenters. The Balaban J connectivity index is 1.38. The van der Waals surface area contributed by atoms with Gasteiger partial charge in [-0.3, -0.25) is 9.59 Å². The molecule has 1 aliphatic rings. The van der Waals surface area contributed by atoms with Gasteiger partial charge in [0.15, 0.2) is 0 Å². The lowest BCUT2D eigenvalue weighted by Gasteiger charge is -2.22. The summed E-state index contributed by atoms with van der Waals surface area (Å²) in [5.41, 5.74) is 0.509. The van der Waals surface area contributed by atoms with Crippen LogP contribution in [0, 0.1) is 5.82 Å². The zero-order valence-electron chi connectivity index (χ0n) is 16.9. The minimum Gasteiger partial charge on any atom is -0.439 e. The Hall–Kier alpha value is -3.74. The van der Waals surface area contributed by atoms with Crippen molar-refractivity contribution in [3.05, 3.63) is 89.9 Å². The first kappa shape index (κ1) is 20.5. The molecule has 2 amide bonds. The van der Waals surface area contributed by atoms with E-state index < -0.39 is 5.82 Å². The number of halogens is 1. The Labute approximate surface area is 179 Å². The monoisotopic (exact) mass is 419 g/mol. The van der Waals surface area contributed by atoms with E-state index in [4.69, 9.17) is 4.74 Å². The van der Waals surface area contributed by atoms with Gasteiger partial charge in [0, 0.05) is 38.4 Å². The van der Waals surface area contributed by atoms with Crippen LogP contribution in [0.25, 0.3) is 0 Å². The summed E-state index contributed by atoms with van der Waals surface area (Å²) >= 11 is 0. The molecule has 0 spiro atoms. The standard InChI is InChI=1S/C24H22FN3O3/c25-21-10-5-4-9-20(21)24(30)28-14-6-13-27(15-16-28)23(29)18-11-12-22(26-17-18)31-19-7-2-1-3-8-19/h1-5,7-12,17H,6,13-16H2. The quantitative estimate of drug-likeness (QED) is 0.641. The van der Waals surface area contributed by atoms with Crippen molar-refractivity contribution in [2.24, 2.45) is 0 Å². The molecule has 1 fully saturated rings. The van der Waals surface area contributed by atoms with Crippen molar-refractivity contribution >= 4 is 11.8 Å². The van der Waals surface area contributed by atoms with Gasteiger partial charge in [-0.25, -0.2) is 9.37 Å². The maximum atomic E-state index is 14.0. The van der Waals surface area contributed by atoms with Gasteiger partial charge in [-0.2, -0.15) is 0 Å². The average Bonchev–Trinajstić information content (AvgIpc) is 3.06. The molecule has 1 saturated heterocycles.